The van der Waals surface area contributed by atoms with Crippen molar-refractivity contribution < 1.29 is 4.74 Å². The Bertz CT molecular complexity index is 344. The third-order valence-corrected chi connectivity index (χ3v) is 2.03. The summed E-state index contributed by atoms with van der Waals surface area (Å²) >= 11 is 0. The van der Waals surface area contributed by atoms with E-state index in [1.165, 1.54) is 6.33 Å². The van der Waals surface area contributed by atoms with Crippen molar-refractivity contribution >= 4 is 17.3 Å². The Kier molecular flexibility index (Phi) is 5.44. The summed E-state index contributed by atoms with van der Waals surface area (Å²) in [5, 5.41) is 4.92. The van der Waals surface area contributed by atoms with E-state index in [2.05, 4.69) is 20.7 Å². The molecule has 0 aromatic carbocycles. The molecular weight excluding hydrogens is 220 g/mol. The Morgan fingerprint density at radius 1 is 1.35 bits per heavy atom. The molecule has 0 aliphatic carbocycles. The smallest absolute Gasteiger partial charge is 0.169 e. The number of hydrogen-bond donors (Lipinski definition) is 3. The quantitative estimate of drug-likeness (QED) is 0.469. The van der Waals surface area contributed by atoms with Gasteiger partial charge in [0.2, 0.25) is 0 Å². The van der Waals surface area contributed by atoms with E-state index in [-0.39, 0.29) is 0 Å². The van der Waals surface area contributed by atoms with E-state index in [1.807, 2.05) is 14.1 Å². The molecule has 1 heterocycles. The first-order chi connectivity index (χ1) is 8.15. The minimum absolute atomic E-state index is 0.513. The summed E-state index contributed by atoms with van der Waals surface area (Å²) in [5.74, 6) is 1.24. The molecule has 0 fully saturated rings. The van der Waals surface area contributed by atoms with Gasteiger partial charge in [0.25, 0.3) is 0 Å². The number of nitrogens with zero attached hydrogens (tertiary/aromatic N) is 3. The Balaban J connectivity index is 2.59. The minimum Gasteiger partial charge on any atom is -0.393 e. The van der Waals surface area contributed by atoms with Gasteiger partial charge in [0.05, 0.1) is 0 Å². The first kappa shape index (κ1) is 13.5. The van der Waals surface area contributed by atoms with Gasteiger partial charge in [-0.3, -0.25) is 0 Å². The molecule has 0 aliphatic heterocycles. The normalized spacial score (nSPS) is 10.6. The van der Waals surface area contributed by atoms with Gasteiger partial charge in [-0.2, -0.15) is 0 Å². The van der Waals surface area contributed by atoms with Gasteiger partial charge in [0, 0.05) is 34.4 Å². The number of nitrogen functional groups attached to an aromatic ring is 1. The summed E-state index contributed by atoms with van der Waals surface area (Å²) in [6.45, 7) is 1.47. The summed E-state index contributed by atoms with van der Waals surface area (Å²) in [4.78, 5) is 8.17. The molecule has 96 valence electrons. The van der Waals surface area contributed by atoms with Crippen molar-refractivity contribution in [2.75, 3.05) is 50.8 Å². The highest BCUT2D eigenvalue weighted by Gasteiger charge is 2.07. The molecule has 1 aromatic heterocycles. The van der Waals surface area contributed by atoms with Crippen LogP contribution in [0.25, 0.3) is 0 Å². The summed E-state index contributed by atoms with van der Waals surface area (Å²) in [7, 11) is 5.42. The lowest BCUT2D eigenvalue weighted by Gasteiger charge is -2.16. The average Bonchev–Trinajstić information content (AvgIpc) is 2.28. The fourth-order valence-corrected chi connectivity index (χ4v) is 1.26. The highest BCUT2D eigenvalue weighted by atomic mass is 16.5. The molecule has 0 atom stereocenters. The molecule has 4 N–H and O–H groups in total. The maximum absolute atomic E-state index is 5.94. The number of hydrogen-bond acceptors (Lipinski definition) is 7. The van der Waals surface area contributed by atoms with Crippen LogP contribution in [0.15, 0.2) is 6.33 Å². The van der Waals surface area contributed by atoms with E-state index in [9.17, 15) is 0 Å². The number of ether oxygens (including phenoxy) is 1. The molecule has 7 heteroatoms. The summed E-state index contributed by atoms with van der Waals surface area (Å²) < 4.78 is 4.96. The van der Waals surface area contributed by atoms with Gasteiger partial charge in [0.15, 0.2) is 11.6 Å². The molecule has 7 nitrogen and oxygen atoms in total. The number of nitrogens with two attached hydrogens (primary N) is 1. The van der Waals surface area contributed by atoms with Crippen molar-refractivity contribution in [2.45, 2.75) is 6.42 Å². The third-order valence-electron chi connectivity index (χ3n) is 2.03. The highest BCUT2D eigenvalue weighted by Crippen LogP contribution is 2.22. The van der Waals surface area contributed by atoms with E-state index in [4.69, 9.17) is 10.5 Å². The van der Waals surface area contributed by atoms with Crippen molar-refractivity contribution in [3.8, 4) is 0 Å². The first-order valence-corrected chi connectivity index (χ1v) is 5.42. The van der Waals surface area contributed by atoms with Gasteiger partial charge in [-0.1, -0.05) is 0 Å². The Hall–Kier alpha value is -1.60. The standard InChI is InChI=1S/C10H20N6O/c1-16(2)15-10-8(11)9(13-7-14-10)12-5-4-6-17-3/h7H,4-6,11H2,1-3H3,(H2,12,13,14,15). The van der Waals surface area contributed by atoms with E-state index in [0.717, 1.165) is 13.0 Å². The highest BCUT2D eigenvalue weighted by molar-refractivity contribution is 5.73. The number of rotatable bonds is 7. The molecule has 0 aliphatic rings. The van der Waals surface area contributed by atoms with Crippen LogP contribution in [-0.4, -0.2) is 49.3 Å². The van der Waals surface area contributed by atoms with Gasteiger partial charge in [-0.05, 0) is 6.42 Å². The molecule has 0 radical (unpaired) electrons. The fourth-order valence-electron chi connectivity index (χ4n) is 1.26. The lowest BCUT2D eigenvalue weighted by molar-refractivity contribution is 0.198. The lowest BCUT2D eigenvalue weighted by Crippen LogP contribution is -2.22. The second-order valence-corrected chi connectivity index (χ2v) is 3.76. The van der Waals surface area contributed by atoms with Crippen LogP contribution in [0.3, 0.4) is 0 Å². The fraction of sp³-hybridized carbons (Fsp3) is 0.600. The van der Waals surface area contributed by atoms with Crippen LogP contribution in [0.4, 0.5) is 17.3 Å². The molecule has 0 saturated carbocycles. The van der Waals surface area contributed by atoms with Crippen LogP contribution in [0.5, 0.6) is 0 Å². The van der Waals surface area contributed by atoms with Crippen LogP contribution in [0.2, 0.25) is 0 Å². The zero-order valence-electron chi connectivity index (χ0n) is 10.5. The van der Waals surface area contributed by atoms with Crippen molar-refractivity contribution in [2.24, 2.45) is 0 Å². The Labute approximate surface area is 101 Å². The molecule has 17 heavy (non-hydrogen) atoms. The van der Waals surface area contributed by atoms with Gasteiger partial charge < -0.3 is 21.2 Å². The first-order valence-electron chi connectivity index (χ1n) is 5.42. The average molecular weight is 240 g/mol. The zero-order valence-corrected chi connectivity index (χ0v) is 10.5. The Morgan fingerprint density at radius 2 is 2.06 bits per heavy atom. The maximum Gasteiger partial charge on any atom is 0.169 e. The van der Waals surface area contributed by atoms with Crippen LogP contribution in [-0.2, 0) is 4.74 Å². The number of methoxy groups -OCH3 is 1. The molecule has 0 amide bonds. The monoisotopic (exact) mass is 240 g/mol. The van der Waals surface area contributed by atoms with E-state index >= 15 is 0 Å². The zero-order chi connectivity index (χ0) is 12.7. The summed E-state index contributed by atoms with van der Waals surface area (Å²) in [5.41, 5.74) is 9.46. The lowest BCUT2D eigenvalue weighted by atomic mass is 10.4. The van der Waals surface area contributed by atoms with E-state index in [0.29, 0.717) is 23.9 Å². The molecule has 1 rings (SSSR count). The third kappa shape index (κ3) is 4.41. The van der Waals surface area contributed by atoms with Crippen LogP contribution in [0.1, 0.15) is 6.42 Å². The van der Waals surface area contributed by atoms with Crippen molar-refractivity contribution in [1.29, 1.82) is 0 Å². The molecule has 0 unspecified atom stereocenters. The molecular formula is C10H20N6O. The maximum atomic E-state index is 5.94. The van der Waals surface area contributed by atoms with Crippen molar-refractivity contribution in [1.82, 2.24) is 15.0 Å². The van der Waals surface area contributed by atoms with Crippen molar-refractivity contribution in [3.63, 3.8) is 0 Å². The number of aromatic nitrogens is 2. The molecule has 0 spiro atoms. The Morgan fingerprint density at radius 3 is 2.71 bits per heavy atom. The predicted molar refractivity (Wildman–Crippen MR) is 68.7 cm³/mol. The largest absolute Gasteiger partial charge is 0.393 e. The number of hydrazine groups is 1. The topological polar surface area (TPSA) is 88.3 Å². The van der Waals surface area contributed by atoms with E-state index < -0.39 is 0 Å². The van der Waals surface area contributed by atoms with Crippen LogP contribution in [0, 0.1) is 0 Å². The van der Waals surface area contributed by atoms with E-state index in [1.54, 1.807) is 12.1 Å². The minimum atomic E-state index is 0.513. The number of nitrogens with one attached hydrogen (secondary N) is 2. The van der Waals surface area contributed by atoms with Crippen molar-refractivity contribution in [3.05, 3.63) is 6.33 Å². The van der Waals surface area contributed by atoms with Crippen LogP contribution >= 0.6 is 0 Å². The van der Waals surface area contributed by atoms with Gasteiger partial charge in [-0.15, -0.1) is 0 Å². The SMILES string of the molecule is COCCCNc1ncnc(NN(C)C)c1N. The second-order valence-electron chi connectivity index (χ2n) is 3.76. The van der Waals surface area contributed by atoms with Gasteiger partial charge in [0.1, 0.15) is 12.0 Å². The van der Waals surface area contributed by atoms with Gasteiger partial charge in [-0.25, -0.2) is 15.0 Å². The van der Waals surface area contributed by atoms with Gasteiger partial charge >= 0.3 is 0 Å². The molecule has 0 bridgehead atoms. The predicted octanol–water partition coefficient (Wildman–Crippen LogP) is 0.396. The summed E-state index contributed by atoms with van der Waals surface area (Å²) in [6, 6.07) is 0. The summed E-state index contributed by atoms with van der Waals surface area (Å²) in [6.07, 6.45) is 2.37. The molecule has 0 saturated heterocycles. The van der Waals surface area contributed by atoms with Crippen LogP contribution < -0.4 is 16.5 Å². The number of anilines is 3. The second kappa shape index (κ2) is 6.87. The molecule has 1 aromatic rings.